The van der Waals surface area contributed by atoms with E-state index in [2.05, 4.69) is 31.2 Å². The van der Waals surface area contributed by atoms with Crippen LogP contribution in [0.25, 0.3) is 11.1 Å². The van der Waals surface area contributed by atoms with E-state index in [1.807, 2.05) is 17.0 Å². The SMILES string of the molecule is O=C(c1ccccc1-c1ccccc1F)N1CCCC(Nc2ncc(Br)cn2)C1. The molecule has 1 aliphatic rings. The van der Waals surface area contributed by atoms with Crippen LogP contribution in [0, 0.1) is 5.82 Å². The largest absolute Gasteiger partial charge is 0.350 e. The predicted octanol–water partition coefficient (Wildman–Crippen LogP) is 4.76. The van der Waals surface area contributed by atoms with E-state index in [0.717, 1.165) is 17.3 Å². The lowest BCUT2D eigenvalue weighted by atomic mass is 9.97. The summed E-state index contributed by atoms with van der Waals surface area (Å²) in [5.74, 6) is 0.115. The van der Waals surface area contributed by atoms with Crippen LogP contribution in [0.2, 0.25) is 0 Å². The van der Waals surface area contributed by atoms with Gasteiger partial charge in [0.2, 0.25) is 5.95 Å². The molecule has 1 aliphatic heterocycles. The standard InChI is InChI=1S/C22H20BrFN4O/c23-15-12-25-22(26-13-15)27-16-6-5-11-28(14-16)21(29)19-9-2-1-7-17(19)18-8-3-4-10-20(18)24/h1-4,7-10,12-13,16H,5-6,11,14H2,(H,25,26,27). The number of likely N-dealkylation sites (tertiary alicyclic amines) is 1. The molecule has 0 radical (unpaired) electrons. The van der Waals surface area contributed by atoms with E-state index in [1.165, 1.54) is 6.07 Å². The lowest BCUT2D eigenvalue weighted by molar-refractivity contribution is 0.0715. The number of benzene rings is 2. The van der Waals surface area contributed by atoms with Crippen LogP contribution in [0.3, 0.4) is 0 Å². The lowest BCUT2D eigenvalue weighted by Crippen LogP contribution is -2.45. The highest BCUT2D eigenvalue weighted by Crippen LogP contribution is 2.28. The minimum absolute atomic E-state index is 0.0644. The van der Waals surface area contributed by atoms with Crippen LogP contribution < -0.4 is 5.32 Å². The molecular weight excluding hydrogens is 435 g/mol. The zero-order valence-corrected chi connectivity index (χ0v) is 17.3. The van der Waals surface area contributed by atoms with Crippen LogP contribution in [0.15, 0.2) is 65.4 Å². The van der Waals surface area contributed by atoms with E-state index in [4.69, 9.17) is 0 Å². The second-order valence-corrected chi connectivity index (χ2v) is 7.90. The third-order valence-electron chi connectivity index (χ3n) is 4.98. The summed E-state index contributed by atoms with van der Waals surface area (Å²) in [4.78, 5) is 23.6. The maximum atomic E-state index is 14.3. The van der Waals surface area contributed by atoms with Gasteiger partial charge in [-0.1, -0.05) is 36.4 Å². The van der Waals surface area contributed by atoms with Gasteiger partial charge in [0.15, 0.2) is 0 Å². The van der Waals surface area contributed by atoms with Gasteiger partial charge in [0, 0.05) is 42.7 Å². The lowest BCUT2D eigenvalue weighted by Gasteiger charge is -2.33. The van der Waals surface area contributed by atoms with Crippen molar-refractivity contribution < 1.29 is 9.18 Å². The summed E-state index contributed by atoms with van der Waals surface area (Å²) in [6, 6.07) is 13.8. The van der Waals surface area contributed by atoms with Gasteiger partial charge in [-0.05, 0) is 46.5 Å². The van der Waals surface area contributed by atoms with Crippen molar-refractivity contribution in [1.29, 1.82) is 0 Å². The molecule has 1 saturated heterocycles. The molecule has 1 atom stereocenters. The fraction of sp³-hybridized carbons (Fsp3) is 0.227. The molecule has 1 amide bonds. The highest BCUT2D eigenvalue weighted by Gasteiger charge is 2.26. The number of carbonyl (C=O) groups is 1. The Morgan fingerprint density at radius 3 is 2.52 bits per heavy atom. The minimum atomic E-state index is -0.335. The first-order chi connectivity index (χ1) is 14.1. The Morgan fingerprint density at radius 2 is 1.76 bits per heavy atom. The highest BCUT2D eigenvalue weighted by atomic mass is 79.9. The number of amides is 1. The Balaban J connectivity index is 1.54. The molecule has 3 aromatic rings. The molecule has 5 nitrogen and oxygen atoms in total. The maximum absolute atomic E-state index is 14.3. The molecule has 1 N–H and O–H groups in total. The Bertz CT molecular complexity index is 1010. The van der Waals surface area contributed by atoms with Crippen LogP contribution >= 0.6 is 15.9 Å². The molecule has 0 bridgehead atoms. The summed E-state index contributed by atoms with van der Waals surface area (Å²) in [7, 11) is 0. The van der Waals surface area contributed by atoms with Crippen molar-refractivity contribution in [3.8, 4) is 11.1 Å². The predicted molar refractivity (Wildman–Crippen MR) is 114 cm³/mol. The monoisotopic (exact) mass is 454 g/mol. The van der Waals surface area contributed by atoms with E-state index < -0.39 is 0 Å². The average molecular weight is 455 g/mol. The molecule has 1 aromatic heterocycles. The fourth-order valence-electron chi connectivity index (χ4n) is 3.60. The van der Waals surface area contributed by atoms with E-state index in [9.17, 15) is 9.18 Å². The van der Waals surface area contributed by atoms with Gasteiger partial charge in [-0.2, -0.15) is 0 Å². The molecule has 1 fully saturated rings. The van der Waals surface area contributed by atoms with Crippen LogP contribution in [-0.4, -0.2) is 39.9 Å². The molecule has 7 heteroatoms. The smallest absolute Gasteiger partial charge is 0.254 e. The quantitative estimate of drug-likeness (QED) is 0.617. The van der Waals surface area contributed by atoms with Crippen molar-refractivity contribution in [2.24, 2.45) is 0 Å². The van der Waals surface area contributed by atoms with Crippen molar-refractivity contribution in [1.82, 2.24) is 14.9 Å². The molecule has 0 aliphatic carbocycles. The normalized spacial score (nSPS) is 16.5. The van der Waals surface area contributed by atoms with Gasteiger partial charge in [-0.25, -0.2) is 14.4 Å². The van der Waals surface area contributed by atoms with Crippen molar-refractivity contribution in [3.05, 3.63) is 76.8 Å². The first kappa shape index (κ1) is 19.5. The molecule has 0 spiro atoms. The highest BCUT2D eigenvalue weighted by molar-refractivity contribution is 9.10. The average Bonchev–Trinajstić information content (AvgIpc) is 2.75. The first-order valence-electron chi connectivity index (χ1n) is 9.49. The van der Waals surface area contributed by atoms with E-state index >= 15 is 0 Å². The second-order valence-electron chi connectivity index (χ2n) is 6.98. The zero-order chi connectivity index (χ0) is 20.2. The maximum Gasteiger partial charge on any atom is 0.254 e. The van der Waals surface area contributed by atoms with Gasteiger partial charge in [0.25, 0.3) is 5.91 Å². The molecule has 29 heavy (non-hydrogen) atoms. The number of halogens is 2. The fourth-order valence-corrected chi connectivity index (χ4v) is 3.81. The molecular formula is C22H20BrFN4O. The summed E-state index contributed by atoms with van der Waals surface area (Å²) in [5.41, 5.74) is 1.56. The molecule has 0 saturated carbocycles. The molecule has 1 unspecified atom stereocenters. The van der Waals surface area contributed by atoms with Gasteiger partial charge >= 0.3 is 0 Å². The van der Waals surface area contributed by atoms with E-state index in [1.54, 1.807) is 42.7 Å². The van der Waals surface area contributed by atoms with Gasteiger partial charge in [-0.3, -0.25) is 4.79 Å². The topological polar surface area (TPSA) is 58.1 Å². The Hall–Kier alpha value is -2.80. The van der Waals surface area contributed by atoms with Gasteiger partial charge in [-0.15, -0.1) is 0 Å². The molecule has 2 aromatic carbocycles. The molecule has 2 heterocycles. The second kappa shape index (κ2) is 8.69. The number of rotatable bonds is 4. The molecule has 148 valence electrons. The van der Waals surface area contributed by atoms with Gasteiger partial charge in [0.05, 0.1) is 4.47 Å². The van der Waals surface area contributed by atoms with Crippen molar-refractivity contribution in [2.45, 2.75) is 18.9 Å². The summed E-state index contributed by atoms with van der Waals surface area (Å²) in [5, 5.41) is 3.30. The van der Waals surface area contributed by atoms with Crippen LogP contribution in [0.1, 0.15) is 23.2 Å². The third kappa shape index (κ3) is 4.45. The summed E-state index contributed by atoms with van der Waals surface area (Å²) in [6.07, 6.45) is 5.18. The Labute approximate surface area is 177 Å². The van der Waals surface area contributed by atoms with E-state index in [0.29, 0.717) is 35.7 Å². The Morgan fingerprint density at radius 1 is 1.07 bits per heavy atom. The van der Waals surface area contributed by atoms with Crippen LogP contribution in [0.5, 0.6) is 0 Å². The molecule has 4 rings (SSSR count). The third-order valence-corrected chi connectivity index (χ3v) is 5.39. The van der Waals surface area contributed by atoms with Crippen LogP contribution in [0.4, 0.5) is 10.3 Å². The van der Waals surface area contributed by atoms with Gasteiger partial charge in [0.1, 0.15) is 5.82 Å². The van der Waals surface area contributed by atoms with Crippen molar-refractivity contribution in [2.75, 3.05) is 18.4 Å². The number of piperidine rings is 1. The number of carbonyl (C=O) groups excluding carboxylic acids is 1. The number of hydrogen-bond donors (Lipinski definition) is 1. The summed E-state index contributed by atoms with van der Waals surface area (Å²) in [6.45, 7) is 1.22. The Kier molecular flexibility index (Phi) is 5.85. The minimum Gasteiger partial charge on any atom is -0.350 e. The van der Waals surface area contributed by atoms with E-state index in [-0.39, 0.29) is 17.8 Å². The first-order valence-corrected chi connectivity index (χ1v) is 10.3. The zero-order valence-electron chi connectivity index (χ0n) is 15.7. The number of nitrogens with zero attached hydrogens (tertiary/aromatic N) is 3. The number of aromatic nitrogens is 2. The number of anilines is 1. The summed E-state index contributed by atoms with van der Waals surface area (Å²) >= 11 is 3.32. The summed E-state index contributed by atoms with van der Waals surface area (Å²) < 4.78 is 15.2. The van der Waals surface area contributed by atoms with Crippen molar-refractivity contribution in [3.63, 3.8) is 0 Å². The number of hydrogen-bond acceptors (Lipinski definition) is 4. The van der Waals surface area contributed by atoms with Crippen LogP contribution in [-0.2, 0) is 0 Å². The van der Waals surface area contributed by atoms with Gasteiger partial charge < -0.3 is 10.2 Å². The van der Waals surface area contributed by atoms with Crippen molar-refractivity contribution >= 4 is 27.8 Å². The number of nitrogens with one attached hydrogen (secondary N) is 1.